The highest BCUT2D eigenvalue weighted by Crippen LogP contribution is 2.52. The maximum atomic E-state index is 13.9. The summed E-state index contributed by atoms with van der Waals surface area (Å²) in [6, 6.07) is 2.70. The molecular weight excluding hydrogens is 462 g/mol. The molecule has 1 saturated carbocycles. The van der Waals surface area contributed by atoms with Crippen molar-refractivity contribution >= 4 is 28.9 Å². The number of amides is 1. The number of primary amides is 1. The molecule has 5 N–H and O–H groups in total. The Balaban J connectivity index is 1.49. The normalized spacial score (nSPS) is 30.5. The van der Waals surface area contributed by atoms with Crippen molar-refractivity contribution in [3.8, 4) is 5.75 Å². The number of aromatic hydroxyl groups is 1. The SMILES string of the molecule is NC(=O)C1=C(O)C2C(=O)C3=C(O)c4c(O)ccc(N5CCCC5)c4C[C@H]3C[C@H]2[C@@H](N2CCCC2)C1=O. The fraction of sp³-hybridized carbons (Fsp3) is 0.519. The van der Waals surface area contributed by atoms with Crippen LogP contribution < -0.4 is 10.6 Å². The molecule has 4 atom stereocenters. The average Bonchev–Trinajstić information content (AvgIpc) is 3.53. The first-order valence-corrected chi connectivity index (χ1v) is 12.9. The van der Waals surface area contributed by atoms with Gasteiger partial charge in [-0.15, -0.1) is 0 Å². The van der Waals surface area contributed by atoms with Crippen molar-refractivity contribution in [3.05, 3.63) is 40.2 Å². The molecule has 0 aromatic heterocycles. The Kier molecular flexibility index (Phi) is 5.37. The second-order valence-electron chi connectivity index (χ2n) is 10.7. The number of phenols is 1. The minimum absolute atomic E-state index is 0.0994. The molecule has 0 radical (unpaired) electrons. The van der Waals surface area contributed by atoms with Crippen LogP contribution in [0.4, 0.5) is 5.69 Å². The number of hydrogen-bond acceptors (Lipinski definition) is 8. The number of ketones is 2. The smallest absolute Gasteiger partial charge is 0.255 e. The third-order valence-corrected chi connectivity index (χ3v) is 8.85. The van der Waals surface area contributed by atoms with E-state index in [1.54, 1.807) is 6.07 Å². The first-order valence-electron chi connectivity index (χ1n) is 12.9. The zero-order valence-electron chi connectivity index (χ0n) is 20.1. The number of aliphatic hydroxyl groups is 2. The summed E-state index contributed by atoms with van der Waals surface area (Å²) >= 11 is 0. The lowest BCUT2D eigenvalue weighted by atomic mass is 9.59. The van der Waals surface area contributed by atoms with E-state index in [1.807, 2.05) is 11.0 Å². The van der Waals surface area contributed by atoms with E-state index in [1.165, 1.54) is 0 Å². The number of carbonyl (C=O) groups is 3. The summed E-state index contributed by atoms with van der Waals surface area (Å²) in [5, 5.41) is 33.1. The van der Waals surface area contributed by atoms with E-state index in [4.69, 9.17) is 5.73 Å². The van der Waals surface area contributed by atoms with Gasteiger partial charge in [0.05, 0.1) is 17.5 Å². The Bertz CT molecular complexity index is 1240. The zero-order chi connectivity index (χ0) is 25.3. The van der Waals surface area contributed by atoms with Gasteiger partial charge in [-0.05, 0) is 81.1 Å². The Morgan fingerprint density at radius 1 is 0.944 bits per heavy atom. The molecule has 9 nitrogen and oxygen atoms in total. The quantitative estimate of drug-likeness (QED) is 0.468. The van der Waals surface area contributed by atoms with Crippen molar-refractivity contribution in [1.82, 2.24) is 4.90 Å². The molecule has 1 amide bonds. The molecule has 9 heteroatoms. The third-order valence-electron chi connectivity index (χ3n) is 8.85. The maximum Gasteiger partial charge on any atom is 0.255 e. The van der Waals surface area contributed by atoms with E-state index in [0.717, 1.165) is 50.0 Å². The van der Waals surface area contributed by atoms with Gasteiger partial charge in [0.2, 0.25) is 0 Å². The summed E-state index contributed by atoms with van der Waals surface area (Å²) in [6.45, 7) is 3.13. The molecule has 36 heavy (non-hydrogen) atoms. The van der Waals surface area contributed by atoms with Crippen LogP contribution in [0.1, 0.15) is 43.2 Å². The number of benzene rings is 1. The number of hydrogen-bond donors (Lipinski definition) is 4. The van der Waals surface area contributed by atoms with E-state index in [-0.39, 0.29) is 28.6 Å². The number of likely N-dealkylation sites (tertiary alicyclic amines) is 1. The van der Waals surface area contributed by atoms with Crippen LogP contribution >= 0.6 is 0 Å². The first-order chi connectivity index (χ1) is 17.3. The molecule has 2 heterocycles. The van der Waals surface area contributed by atoms with Gasteiger partial charge in [0, 0.05) is 24.4 Å². The monoisotopic (exact) mass is 493 g/mol. The number of nitrogens with two attached hydrogens (primary N) is 1. The summed E-state index contributed by atoms with van der Waals surface area (Å²) in [6.07, 6.45) is 4.81. The number of fused-ring (bicyclic) bond motifs is 3. The number of Topliss-reactive ketones (excluding diaryl/α,β-unsaturated/α-hetero) is 2. The topological polar surface area (TPSA) is 144 Å². The predicted molar refractivity (Wildman–Crippen MR) is 131 cm³/mol. The van der Waals surface area contributed by atoms with E-state index < -0.39 is 46.7 Å². The van der Waals surface area contributed by atoms with Gasteiger partial charge in [-0.2, -0.15) is 0 Å². The van der Waals surface area contributed by atoms with Crippen LogP contribution in [0.2, 0.25) is 0 Å². The molecule has 2 saturated heterocycles. The molecule has 1 unspecified atom stereocenters. The molecule has 0 spiro atoms. The van der Waals surface area contributed by atoms with Gasteiger partial charge in [-0.25, -0.2) is 0 Å². The number of anilines is 1. The van der Waals surface area contributed by atoms with Crippen LogP contribution in [0.3, 0.4) is 0 Å². The number of aliphatic hydroxyl groups excluding tert-OH is 2. The van der Waals surface area contributed by atoms with Gasteiger partial charge in [-0.1, -0.05) is 0 Å². The Morgan fingerprint density at radius 2 is 1.61 bits per heavy atom. The van der Waals surface area contributed by atoms with Crippen LogP contribution in [0, 0.1) is 17.8 Å². The highest BCUT2D eigenvalue weighted by Gasteiger charge is 2.56. The molecule has 3 fully saturated rings. The van der Waals surface area contributed by atoms with Gasteiger partial charge < -0.3 is 26.0 Å². The number of phenolic OH excluding ortho intramolecular Hbond substituents is 1. The lowest BCUT2D eigenvalue weighted by Gasteiger charge is -2.47. The summed E-state index contributed by atoms with van der Waals surface area (Å²) < 4.78 is 0. The van der Waals surface area contributed by atoms with Crippen LogP contribution in [-0.4, -0.2) is 69.9 Å². The standard InChI is InChI=1S/C27H31N3O6/c28-27(36)21-25(34)20-15(22(26(21)35)30-9-3-4-10-30)12-13-11-14-16(29-7-1-2-8-29)5-6-17(31)19(14)23(32)18(13)24(20)33/h5-6,13,15,20,22,31-32,34H,1-4,7-12H2,(H2,28,36)/t13-,15+,20?,22+/m0/s1. The highest BCUT2D eigenvalue weighted by atomic mass is 16.3. The molecule has 6 rings (SSSR count). The van der Waals surface area contributed by atoms with E-state index in [2.05, 4.69) is 4.90 Å². The van der Waals surface area contributed by atoms with Crippen LogP contribution in [-0.2, 0) is 20.8 Å². The summed E-state index contributed by atoms with van der Waals surface area (Å²) in [5.74, 6) is -5.04. The second kappa shape index (κ2) is 8.37. The molecular formula is C27H31N3O6. The number of allylic oxidation sites excluding steroid dienone is 2. The molecule has 1 aromatic rings. The van der Waals surface area contributed by atoms with Crippen molar-refractivity contribution < 1.29 is 29.7 Å². The van der Waals surface area contributed by atoms with Crippen molar-refractivity contribution in [2.75, 3.05) is 31.1 Å². The lowest BCUT2D eigenvalue weighted by molar-refractivity contribution is -0.133. The average molecular weight is 494 g/mol. The molecule has 1 aromatic carbocycles. The van der Waals surface area contributed by atoms with Crippen LogP contribution in [0.15, 0.2) is 29.0 Å². The second-order valence-corrected chi connectivity index (χ2v) is 10.7. The number of nitrogens with zero attached hydrogens (tertiary/aromatic N) is 2. The van der Waals surface area contributed by atoms with Gasteiger partial charge in [0.25, 0.3) is 5.91 Å². The molecule has 190 valence electrons. The Morgan fingerprint density at radius 3 is 2.28 bits per heavy atom. The number of carbonyl (C=O) groups excluding carboxylic acids is 3. The fourth-order valence-corrected chi connectivity index (χ4v) is 7.34. The van der Waals surface area contributed by atoms with Gasteiger partial charge in [0.15, 0.2) is 11.6 Å². The molecule has 2 aliphatic heterocycles. The molecule has 3 aliphatic carbocycles. The fourth-order valence-electron chi connectivity index (χ4n) is 7.34. The minimum atomic E-state index is -1.13. The van der Waals surface area contributed by atoms with Gasteiger partial charge >= 0.3 is 0 Å². The van der Waals surface area contributed by atoms with Gasteiger partial charge in [-0.3, -0.25) is 19.3 Å². The largest absolute Gasteiger partial charge is 0.511 e. The Labute approximate surface area is 208 Å². The van der Waals surface area contributed by atoms with E-state index in [0.29, 0.717) is 25.9 Å². The van der Waals surface area contributed by atoms with Crippen LogP contribution in [0.25, 0.3) is 5.76 Å². The first kappa shape index (κ1) is 23.1. The van der Waals surface area contributed by atoms with Crippen molar-refractivity contribution in [2.45, 2.75) is 44.6 Å². The number of rotatable bonds is 3. The molecule has 0 bridgehead atoms. The summed E-state index contributed by atoms with van der Waals surface area (Å²) in [4.78, 5) is 43.8. The third kappa shape index (κ3) is 3.21. The van der Waals surface area contributed by atoms with Gasteiger partial charge in [0.1, 0.15) is 22.8 Å². The maximum absolute atomic E-state index is 13.9. The van der Waals surface area contributed by atoms with E-state index >= 15 is 0 Å². The highest BCUT2D eigenvalue weighted by molar-refractivity contribution is 6.23. The van der Waals surface area contributed by atoms with Crippen molar-refractivity contribution in [2.24, 2.45) is 23.5 Å². The van der Waals surface area contributed by atoms with Crippen LogP contribution in [0.5, 0.6) is 5.75 Å². The molecule has 5 aliphatic rings. The Hall–Kier alpha value is -3.33. The van der Waals surface area contributed by atoms with Crippen molar-refractivity contribution in [1.29, 1.82) is 0 Å². The van der Waals surface area contributed by atoms with Crippen molar-refractivity contribution in [3.63, 3.8) is 0 Å². The zero-order valence-corrected chi connectivity index (χ0v) is 20.1. The summed E-state index contributed by atoms with van der Waals surface area (Å²) in [7, 11) is 0. The van der Waals surface area contributed by atoms with E-state index in [9.17, 15) is 29.7 Å². The minimum Gasteiger partial charge on any atom is -0.511 e. The summed E-state index contributed by atoms with van der Waals surface area (Å²) in [5.41, 5.74) is 7.17. The lowest BCUT2D eigenvalue weighted by Crippen LogP contribution is -2.57. The predicted octanol–water partition coefficient (Wildman–Crippen LogP) is 1.98.